The Morgan fingerprint density at radius 1 is 1.15 bits per heavy atom. The van der Waals surface area contributed by atoms with E-state index in [9.17, 15) is 27.5 Å². The number of aromatic nitrogens is 5. The van der Waals surface area contributed by atoms with Gasteiger partial charge in [-0.1, -0.05) is 19.9 Å². The number of anilines is 2. The molecule has 0 radical (unpaired) electrons. The van der Waals surface area contributed by atoms with Gasteiger partial charge >= 0.3 is 6.18 Å². The predicted molar refractivity (Wildman–Crippen MR) is 137 cm³/mol. The minimum absolute atomic E-state index is 0.0354. The van der Waals surface area contributed by atoms with Gasteiger partial charge in [0.1, 0.15) is 29.0 Å². The van der Waals surface area contributed by atoms with Crippen molar-refractivity contribution in [1.82, 2.24) is 29.6 Å². The minimum Gasteiger partial charge on any atom is -0.384 e. The van der Waals surface area contributed by atoms with E-state index in [0.717, 1.165) is 35.1 Å². The first-order chi connectivity index (χ1) is 18.1. The molecule has 39 heavy (non-hydrogen) atoms. The molecule has 0 fully saturated rings. The first kappa shape index (κ1) is 26.8. The second-order valence-electron chi connectivity index (χ2n) is 10.8. The molecular weight excluding hydrogens is 518 g/mol. The number of benzene rings is 1. The maximum atomic E-state index is 14.4. The molecular formula is C26H27F4N7O2. The van der Waals surface area contributed by atoms with Crippen LogP contribution in [0, 0.1) is 5.82 Å². The van der Waals surface area contributed by atoms with Gasteiger partial charge in [0.25, 0.3) is 5.56 Å². The SMILES string of the molecule is CC(C)(O)c1nc(-n2c3nc(Nc4ccc5c(c4)CNCC5(C)C)ncc3c(=O)n2CC(F)(F)F)ccc1F. The van der Waals surface area contributed by atoms with E-state index in [1.54, 1.807) is 0 Å². The summed E-state index contributed by atoms with van der Waals surface area (Å²) in [6.45, 7) is 6.73. The maximum Gasteiger partial charge on any atom is 0.408 e. The largest absolute Gasteiger partial charge is 0.408 e. The molecule has 5 rings (SSSR count). The van der Waals surface area contributed by atoms with E-state index in [2.05, 4.69) is 39.4 Å². The van der Waals surface area contributed by atoms with E-state index < -0.39 is 35.4 Å². The number of halogens is 4. The highest BCUT2D eigenvalue weighted by molar-refractivity contribution is 5.77. The maximum absolute atomic E-state index is 14.4. The fourth-order valence-electron chi connectivity index (χ4n) is 4.82. The smallest absolute Gasteiger partial charge is 0.384 e. The third-order valence-corrected chi connectivity index (χ3v) is 6.61. The Hall–Kier alpha value is -3.84. The van der Waals surface area contributed by atoms with Crippen molar-refractivity contribution in [3.8, 4) is 5.82 Å². The third-order valence-electron chi connectivity index (χ3n) is 6.61. The number of nitrogens with zero attached hydrogens (tertiary/aromatic N) is 5. The van der Waals surface area contributed by atoms with E-state index >= 15 is 0 Å². The monoisotopic (exact) mass is 545 g/mol. The molecule has 0 unspecified atom stereocenters. The van der Waals surface area contributed by atoms with Crippen LogP contribution in [0.2, 0.25) is 0 Å². The van der Waals surface area contributed by atoms with Crippen LogP contribution in [-0.4, -0.2) is 42.1 Å². The molecule has 0 saturated heterocycles. The molecule has 1 aliphatic rings. The van der Waals surface area contributed by atoms with Crippen molar-refractivity contribution in [2.45, 2.75) is 58.0 Å². The van der Waals surface area contributed by atoms with Crippen molar-refractivity contribution in [3.05, 3.63) is 69.5 Å². The van der Waals surface area contributed by atoms with E-state index in [1.807, 2.05) is 18.2 Å². The number of nitrogens with one attached hydrogen (secondary N) is 2. The molecule has 1 aromatic carbocycles. The zero-order valence-corrected chi connectivity index (χ0v) is 21.7. The Labute approximate surface area is 220 Å². The average Bonchev–Trinajstić information content (AvgIpc) is 3.08. The topological polar surface area (TPSA) is 110 Å². The van der Waals surface area contributed by atoms with Gasteiger partial charge < -0.3 is 15.7 Å². The van der Waals surface area contributed by atoms with Gasteiger partial charge in [0.2, 0.25) is 5.95 Å². The van der Waals surface area contributed by atoms with Crippen LogP contribution in [0.5, 0.6) is 0 Å². The van der Waals surface area contributed by atoms with E-state index in [-0.39, 0.29) is 28.2 Å². The molecule has 0 amide bonds. The van der Waals surface area contributed by atoms with Crippen LogP contribution in [-0.2, 0) is 24.1 Å². The number of rotatable bonds is 5. The summed E-state index contributed by atoms with van der Waals surface area (Å²) in [5, 5.41) is 16.6. The Morgan fingerprint density at radius 3 is 2.59 bits per heavy atom. The third kappa shape index (κ3) is 5.11. The van der Waals surface area contributed by atoms with Gasteiger partial charge in [0, 0.05) is 30.4 Å². The van der Waals surface area contributed by atoms with Crippen LogP contribution in [0.25, 0.3) is 16.9 Å². The normalized spacial score (nSPS) is 15.4. The molecule has 0 saturated carbocycles. The summed E-state index contributed by atoms with van der Waals surface area (Å²) in [4.78, 5) is 25.6. The molecule has 4 heterocycles. The van der Waals surface area contributed by atoms with Crippen LogP contribution in [0.1, 0.15) is 44.5 Å². The second-order valence-corrected chi connectivity index (χ2v) is 10.8. The van der Waals surface area contributed by atoms with Crippen LogP contribution >= 0.6 is 0 Å². The molecule has 206 valence electrons. The summed E-state index contributed by atoms with van der Waals surface area (Å²) in [7, 11) is 0. The Kier molecular flexibility index (Phi) is 6.26. The lowest BCUT2D eigenvalue weighted by molar-refractivity contribution is -0.144. The zero-order chi connectivity index (χ0) is 28.3. The molecule has 3 aromatic heterocycles. The van der Waals surface area contributed by atoms with Gasteiger partial charge in [0.05, 0.1) is 0 Å². The summed E-state index contributed by atoms with van der Waals surface area (Å²) in [5.41, 5.74) is -0.410. The van der Waals surface area contributed by atoms with Gasteiger partial charge in [-0.3, -0.25) is 4.79 Å². The number of alkyl halides is 3. The second kappa shape index (κ2) is 9.12. The summed E-state index contributed by atoms with van der Waals surface area (Å²) in [6.07, 6.45) is -3.62. The van der Waals surface area contributed by atoms with Crippen LogP contribution in [0.4, 0.5) is 29.2 Å². The van der Waals surface area contributed by atoms with Crippen molar-refractivity contribution in [1.29, 1.82) is 0 Å². The Bertz CT molecular complexity index is 1630. The minimum atomic E-state index is -4.76. The fourth-order valence-corrected chi connectivity index (χ4v) is 4.82. The van der Waals surface area contributed by atoms with E-state index in [1.165, 1.54) is 19.4 Å². The number of pyridine rings is 1. The van der Waals surface area contributed by atoms with Crippen molar-refractivity contribution in [2.75, 3.05) is 11.9 Å². The van der Waals surface area contributed by atoms with E-state index in [0.29, 0.717) is 16.9 Å². The molecule has 9 nitrogen and oxygen atoms in total. The molecule has 3 N–H and O–H groups in total. The molecule has 13 heteroatoms. The standard InChI is InChI=1S/C26H27F4N7O2/c1-24(2)12-31-10-14-9-15(5-6-17(14)24)33-23-32-11-16-21(35-23)37(36(22(16)38)13-26(28,29)30)19-8-7-18(27)20(34-19)25(3,4)39/h5-9,11,31,39H,10,12-13H2,1-4H3,(H,32,33,35). The van der Waals surface area contributed by atoms with Gasteiger partial charge in [-0.15, -0.1) is 0 Å². The van der Waals surface area contributed by atoms with E-state index in [4.69, 9.17) is 0 Å². The van der Waals surface area contributed by atoms with Crippen LogP contribution < -0.4 is 16.2 Å². The highest BCUT2D eigenvalue weighted by Gasteiger charge is 2.33. The van der Waals surface area contributed by atoms with Crippen molar-refractivity contribution in [3.63, 3.8) is 0 Å². The summed E-state index contributed by atoms with van der Waals surface area (Å²) in [6, 6.07) is 7.89. The Balaban J connectivity index is 1.64. The summed E-state index contributed by atoms with van der Waals surface area (Å²) >= 11 is 0. The van der Waals surface area contributed by atoms with Crippen LogP contribution in [0.3, 0.4) is 0 Å². The van der Waals surface area contributed by atoms with Crippen molar-refractivity contribution >= 4 is 22.7 Å². The lowest BCUT2D eigenvalue weighted by atomic mass is 9.79. The van der Waals surface area contributed by atoms with Gasteiger partial charge in [-0.25, -0.2) is 23.7 Å². The number of hydrogen-bond acceptors (Lipinski definition) is 7. The van der Waals surface area contributed by atoms with Crippen LogP contribution in [0.15, 0.2) is 41.3 Å². The first-order valence-corrected chi connectivity index (χ1v) is 12.2. The lowest BCUT2D eigenvalue weighted by Gasteiger charge is -2.33. The lowest BCUT2D eigenvalue weighted by Crippen LogP contribution is -2.38. The number of hydrogen-bond donors (Lipinski definition) is 3. The molecule has 0 aliphatic carbocycles. The first-order valence-electron chi connectivity index (χ1n) is 12.2. The number of fused-ring (bicyclic) bond motifs is 2. The predicted octanol–water partition coefficient (Wildman–Crippen LogP) is 4.03. The summed E-state index contributed by atoms with van der Waals surface area (Å²) in [5.74, 6) is -1.04. The molecule has 0 bridgehead atoms. The molecule has 0 atom stereocenters. The molecule has 4 aromatic rings. The highest BCUT2D eigenvalue weighted by Crippen LogP contribution is 2.32. The number of aliphatic hydroxyl groups is 1. The fraction of sp³-hybridized carbons (Fsp3) is 0.385. The van der Waals surface area contributed by atoms with Gasteiger partial charge in [0.15, 0.2) is 11.5 Å². The average molecular weight is 546 g/mol. The van der Waals surface area contributed by atoms with Crippen molar-refractivity contribution < 1.29 is 22.7 Å². The van der Waals surface area contributed by atoms with Gasteiger partial charge in [-0.05, 0) is 49.2 Å². The zero-order valence-electron chi connectivity index (χ0n) is 21.7. The van der Waals surface area contributed by atoms with Crippen molar-refractivity contribution in [2.24, 2.45) is 0 Å². The molecule has 0 spiro atoms. The molecule has 1 aliphatic heterocycles. The Morgan fingerprint density at radius 2 is 1.90 bits per heavy atom. The quantitative estimate of drug-likeness (QED) is 0.325. The summed E-state index contributed by atoms with van der Waals surface area (Å²) < 4.78 is 56.2. The highest BCUT2D eigenvalue weighted by atomic mass is 19.4. The van der Waals surface area contributed by atoms with Gasteiger partial charge in [-0.2, -0.15) is 18.2 Å².